The number of hydrogen-bond acceptors (Lipinski definition) is 2. The summed E-state index contributed by atoms with van der Waals surface area (Å²) in [6.07, 6.45) is 1.47. The van der Waals surface area contributed by atoms with Gasteiger partial charge in [0.15, 0.2) is 0 Å². The molecule has 1 saturated heterocycles. The molecule has 1 aromatic carbocycles. The van der Waals surface area contributed by atoms with E-state index in [4.69, 9.17) is 5.26 Å². The Hall–Kier alpha value is -0.990. The molecule has 1 aliphatic heterocycles. The molecule has 0 spiro atoms. The normalized spacial score (nSPS) is 19.1. The Bertz CT molecular complexity index is 517. The average Bonchev–Trinajstić information content (AvgIpc) is 2.41. The highest BCUT2D eigenvalue weighted by Crippen LogP contribution is 2.31. The van der Waals surface area contributed by atoms with Crippen LogP contribution in [-0.2, 0) is 6.54 Å². The van der Waals surface area contributed by atoms with Crippen molar-refractivity contribution >= 4 is 15.9 Å². The molecule has 0 saturated carbocycles. The van der Waals surface area contributed by atoms with Gasteiger partial charge in [0.05, 0.1) is 16.0 Å². The fourth-order valence-electron chi connectivity index (χ4n) is 2.25. The van der Waals surface area contributed by atoms with Crippen LogP contribution in [0.3, 0.4) is 0 Å². The van der Waals surface area contributed by atoms with Gasteiger partial charge in [0, 0.05) is 12.1 Å². The van der Waals surface area contributed by atoms with Crippen LogP contribution < -0.4 is 0 Å². The van der Waals surface area contributed by atoms with E-state index in [-0.39, 0.29) is 22.0 Å². The number of benzene rings is 1. The van der Waals surface area contributed by atoms with Crippen LogP contribution in [0.2, 0.25) is 0 Å². The third-order valence-corrected chi connectivity index (χ3v) is 4.36. The van der Waals surface area contributed by atoms with E-state index >= 15 is 0 Å². The molecule has 2 rings (SSSR count). The number of likely N-dealkylation sites (tertiary alicyclic amines) is 1. The minimum atomic E-state index is -0.534. The molecule has 102 valence electrons. The second kappa shape index (κ2) is 5.56. The van der Waals surface area contributed by atoms with E-state index in [0.29, 0.717) is 13.1 Å². The molecular weight excluding hydrogens is 314 g/mol. The van der Waals surface area contributed by atoms with Crippen molar-refractivity contribution < 1.29 is 8.78 Å². The van der Waals surface area contributed by atoms with Crippen molar-refractivity contribution in [2.45, 2.75) is 26.3 Å². The lowest BCUT2D eigenvalue weighted by atomic mass is 9.82. The predicted octanol–water partition coefficient (Wildman–Crippen LogP) is 3.85. The van der Waals surface area contributed by atoms with E-state index in [1.165, 1.54) is 12.1 Å². The first kappa shape index (κ1) is 14.4. The molecule has 0 atom stereocenters. The fourth-order valence-corrected chi connectivity index (χ4v) is 2.63. The molecular formula is C14H15BrF2N2. The third kappa shape index (κ3) is 3.13. The van der Waals surface area contributed by atoms with E-state index in [1.807, 2.05) is 11.8 Å². The van der Waals surface area contributed by atoms with Crippen molar-refractivity contribution in [1.29, 1.82) is 5.26 Å². The van der Waals surface area contributed by atoms with Crippen LogP contribution in [0.5, 0.6) is 0 Å². The number of hydrogen-bond donors (Lipinski definition) is 0. The summed E-state index contributed by atoms with van der Waals surface area (Å²) >= 11 is 3.07. The van der Waals surface area contributed by atoms with Crippen LogP contribution in [0.4, 0.5) is 8.78 Å². The van der Waals surface area contributed by atoms with Crippen molar-refractivity contribution in [3.05, 3.63) is 33.8 Å². The first-order valence-electron chi connectivity index (χ1n) is 6.21. The second-order valence-corrected chi connectivity index (χ2v) is 6.12. The summed E-state index contributed by atoms with van der Waals surface area (Å²) in [7, 11) is 0. The zero-order valence-corrected chi connectivity index (χ0v) is 12.3. The lowest BCUT2D eigenvalue weighted by molar-refractivity contribution is 0.147. The van der Waals surface area contributed by atoms with Gasteiger partial charge in [-0.15, -0.1) is 0 Å². The van der Waals surface area contributed by atoms with Gasteiger partial charge in [0.25, 0.3) is 0 Å². The molecule has 5 heteroatoms. The molecule has 0 amide bonds. The Morgan fingerprint density at radius 3 is 2.58 bits per heavy atom. The summed E-state index contributed by atoms with van der Waals surface area (Å²) in [6.45, 7) is 3.56. The summed E-state index contributed by atoms with van der Waals surface area (Å²) in [5.41, 5.74) is -0.208. The van der Waals surface area contributed by atoms with Crippen molar-refractivity contribution in [3.8, 4) is 6.07 Å². The van der Waals surface area contributed by atoms with Gasteiger partial charge in [0.1, 0.15) is 11.6 Å². The van der Waals surface area contributed by atoms with Crippen LogP contribution in [0.25, 0.3) is 0 Å². The van der Waals surface area contributed by atoms with Crippen molar-refractivity contribution in [3.63, 3.8) is 0 Å². The number of nitrogens with zero attached hydrogens (tertiary/aromatic N) is 2. The van der Waals surface area contributed by atoms with Gasteiger partial charge in [-0.2, -0.15) is 5.26 Å². The van der Waals surface area contributed by atoms with E-state index < -0.39 is 11.6 Å². The largest absolute Gasteiger partial charge is 0.299 e. The molecule has 0 aliphatic carbocycles. The van der Waals surface area contributed by atoms with Crippen LogP contribution >= 0.6 is 15.9 Å². The number of nitriles is 1. The highest BCUT2D eigenvalue weighted by molar-refractivity contribution is 9.10. The maximum Gasteiger partial charge on any atom is 0.144 e. The van der Waals surface area contributed by atoms with E-state index in [0.717, 1.165) is 12.8 Å². The number of rotatable bonds is 2. The SMILES string of the molecule is CC1(C#N)CCN(Cc2c(F)ccc(Br)c2F)CC1. The summed E-state index contributed by atoms with van der Waals surface area (Å²) < 4.78 is 27.8. The van der Waals surface area contributed by atoms with Crippen LogP contribution in [0, 0.1) is 28.4 Å². The molecule has 1 aromatic rings. The Balaban J connectivity index is 2.08. The maximum atomic E-state index is 13.9. The Kier molecular flexibility index (Phi) is 4.22. The second-order valence-electron chi connectivity index (χ2n) is 5.27. The van der Waals surface area contributed by atoms with Crippen LogP contribution in [-0.4, -0.2) is 18.0 Å². The zero-order valence-electron chi connectivity index (χ0n) is 10.7. The number of piperidine rings is 1. The third-order valence-electron chi connectivity index (χ3n) is 3.75. The van der Waals surface area contributed by atoms with Gasteiger partial charge in [-0.1, -0.05) is 0 Å². The molecule has 1 heterocycles. The highest BCUT2D eigenvalue weighted by Gasteiger charge is 2.30. The van der Waals surface area contributed by atoms with Crippen LogP contribution in [0.15, 0.2) is 16.6 Å². The van der Waals surface area contributed by atoms with Crippen molar-refractivity contribution in [2.75, 3.05) is 13.1 Å². The molecule has 1 fully saturated rings. The van der Waals surface area contributed by atoms with E-state index in [9.17, 15) is 8.78 Å². The average molecular weight is 329 g/mol. The summed E-state index contributed by atoms with van der Waals surface area (Å²) in [5, 5.41) is 9.06. The fraction of sp³-hybridized carbons (Fsp3) is 0.500. The quantitative estimate of drug-likeness (QED) is 0.771. The lowest BCUT2D eigenvalue weighted by Gasteiger charge is -2.35. The minimum absolute atomic E-state index is 0.0925. The van der Waals surface area contributed by atoms with Gasteiger partial charge in [0.2, 0.25) is 0 Å². The Morgan fingerprint density at radius 1 is 1.37 bits per heavy atom. The first-order valence-corrected chi connectivity index (χ1v) is 7.00. The van der Waals surface area contributed by atoms with Crippen LogP contribution in [0.1, 0.15) is 25.3 Å². The highest BCUT2D eigenvalue weighted by atomic mass is 79.9. The molecule has 0 aromatic heterocycles. The lowest BCUT2D eigenvalue weighted by Crippen LogP contribution is -2.37. The maximum absolute atomic E-state index is 13.9. The molecule has 0 unspecified atom stereocenters. The molecule has 0 radical (unpaired) electrons. The topological polar surface area (TPSA) is 27.0 Å². The smallest absolute Gasteiger partial charge is 0.144 e. The molecule has 2 nitrogen and oxygen atoms in total. The van der Waals surface area contributed by atoms with E-state index in [1.54, 1.807) is 0 Å². The van der Waals surface area contributed by atoms with E-state index in [2.05, 4.69) is 22.0 Å². The Labute approximate surface area is 120 Å². The number of halogens is 3. The van der Waals surface area contributed by atoms with Gasteiger partial charge in [-0.3, -0.25) is 4.90 Å². The predicted molar refractivity (Wildman–Crippen MR) is 72.3 cm³/mol. The minimum Gasteiger partial charge on any atom is -0.299 e. The van der Waals surface area contributed by atoms with Gasteiger partial charge in [-0.25, -0.2) is 8.78 Å². The molecule has 19 heavy (non-hydrogen) atoms. The van der Waals surface area contributed by atoms with Crippen molar-refractivity contribution in [1.82, 2.24) is 4.90 Å². The van der Waals surface area contributed by atoms with Gasteiger partial charge >= 0.3 is 0 Å². The molecule has 0 bridgehead atoms. The summed E-state index contributed by atoms with van der Waals surface area (Å²) in [4.78, 5) is 1.99. The summed E-state index contributed by atoms with van der Waals surface area (Å²) in [6, 6.07) is 4.96. The van der Waals surface area contributed by atoms with Gasteiger partial charge < -0.3 is 0 Å². The summed E-state index contributed by atoms with van der Waals surface area (Å²) in [5.74, 6) is -1.05. The zero-order chi connectivity index (χ0) is 14.0. The Morgan fingerprint density at radius 2 is 2.00 bits per heavy atom. The standard InChI is InChI=1S/C14H15BrF2N2/c1-14(9-18)4-6-19(7-5-14)8-10-12(16)3-2-11(15)13(10)17/h2-3H,4-8H2,1H3. The monoisotopic (exact) mass is 328 g/mol. The van der Waals surface area contributed by atoms with Gasteiger partial charge in [-0.05, 0) is 60.9 Å². The first-order chi connectivity index (χ1) is 8.95. The molecule has 1 aliphatic rings. The van der Waals surface area contributed by atoms with Crippen molar-refractivity contribution in [2.24, 2.45) is 5.41 Å². The molecule has 0 N–H and O–H groups in total.